The molecule has 0 aliphatic carbocycles. The molecule has 0 spiro atoms. The normalized spacial score (nSPS) is 9.64. The monoisotopic (exact) mass is 214 g/mol. The topological polar surface area (TPSA) is 35.5 Å². The molecule has 0 aliphatic rings. The summed E-state index contributed by atoms with van der Waals surface area (Å²) in [4.78, 5) is 11.1. The predicted molar refractivity (Wildman–Crippen MR) is 54.3 cm³/mol. The number of ether oxygens (including phenoxy) is 2. The maximum Gasteiger partial charge on any atom is 0.259 e. The van der Waals surface area contributed by atoms with Crippen LogP contribution < -0.4 is 9.47 Å². The molecule has 76 valence electrons. The van der Waals surface area contributed by atoms with Crippen molar-refractivity contribution in [2.24, 2.45) is 0 Å². The summed E-state index contributed by atoms with van der Waals surface area (Å²) in [5.74, 6) is 0.878. The standard InChI is InChI=1S/C10H11ClO3/c1-3-14-8-6-4-5-7(13-2)9(8)10(11)12/h4-6H,3H2,1-2H3. The SMILES string of the molecule is CCOc1cccc(OC)c1C(=O)Cl. The molecule has 1 rings (SSSR count). The molecule has 0 bridgehead atoms. The Morgan fingerprint density at radius 2 is 2.07 bits per heavy atom. The molecule has 3 nitrogen and oxygen atoms in total. The van der Waals surface area contributed by atoms with E-state index in [1.165, 1.54) is 7.11 Å². The van der Waals surface area contributed by atoms with Crippen LogP contribution in [0, 0.1) is 0 Å². The van der Waals surface area contributed by atoms with Crippen LogP contribution in [0.3, 0.4) is 0 Å². The van der Waals surface area contributed by atoms with Gasteiger partial charge in [0.25, 0.3) is 5.24 Å². The average molecular weight is 215 g/mol. The van der Waals surface area contributed by atoms with Gasteiger partial charge in [-0.05, 0) is 30.7 Å². The number of benzene rings is 1. The van der Waals surface area contributed by atoms with Gasteiger partial charge in [-0.2, -0.15) is 0 Å². The Kier molecular flexibility index (Phi) is 3.77. The van der Waals surface area contributed by atoms with Crippen LogP contribution in [-0.2, 0) is 0 Å². The second-order valence-electron chi connectivity index (χ2n) is 2.54. The van der Waals surface area contributed by atoms with Gasteiger partial charge in [-0.1, -0.05) is 6.07 Å². The summed E-state index contributed by atoms with van der Waals surface area (Å²) in [5, 5.41) is -0.578. The van der Waals surface area contributed by atoms with Gasteiger partial charge in [-0.25, -0.2) is 0 Å². The molecule has 0 unspecified atom stereocenters. The van der Waals surface area contributed by atoms with Crippen LogP contribution in [0.25, 0.3) is 0 Å². The van der Waals surface area contributed by atoms with E-state index in [0.29, 0.717) is 18.1 Å². The number of halogens is 1. The fraction of sp³-hybridized carbons (Fsp3) is 0.300. The molecule has 0 aromatic heterocycles. The zero-order chi connectivity index (χ0) is 10.6. The molecule has 0 atom stereocenters. The molecule has 0 aliphatic heterocycles. The van der Waals surface area contributed by atoms with E-state index in [0.717, 1.165) is 0 Å². The van der Waals surface area contributed by atoms with E-state index in [4.69, 9.17) is 21.1 Å². The largest absolute Gasteiger partial charge is 0.496 e. The summed E-state index contributed by atoms with van der Waals surface area (Å²) in [6.07, 6.45) is 0. The summed E-state index contributed by atoms with van der Waals surface area (Å²) >= 11 is 5.43. The highest BCUT2D eigenvalue weighted by Crippen LogP contribution is 2.29. The summed E-state index contributed by atoms with van der Waals surface area (Å²) in [6.45, 7) is 2.31. The summed E-state index contributed by atoms with van der Waals surface area (Å²) in [5.41, 5.74) is 0.276. The van der Waals surface area contributed by atoms with E-state index < -0.39 is 5.24 Å². The first kappa shape index (κ1) is 10.9. The molecule has 4 heteroatoms. The molecule has 0 radical (unpaired) electrons. The van der Waals surface area contributed by atoms with Crippen LogP contribution in [-0.4, -0.2) is 19.0 Å². The average Bonchev–Trinajstić information content (AvgIpc) is 2.17. The van der Waals surface area contributed by atoms with Gasteiger partial charge in [-0.3, -0.25) is 4.79 Å². The van der Waals surface area contributed by atoms with E-state index in [1.807, 2.05) is 6.92 Å². The highest BCUT2D eigenvalue weighted by atomic mass is 35.5. The van der Waals surface area contributed by atoms with Crippen molar-refractivity contribution in [2.45, 2.75) is 6.92 Å². The minimum Gasteiger partial charge on any atom is -0.496 e. The molecule has 1 aromatic carbocycles. The third kappa shape index (κ3) is 2.17. The molecule has 14 heavy (non-hydrogen) atoms. The van der Waals surface area contributed by atoms with Crippen LogP contribution in [0.2, 0.25) is 0 Å². The summed E-state index contributed by atoms with van der Waals surface area (Å²) in [6, 6.07) is 5.09. The van der Waals surface area contributed by atoms with Gasteiger partial charge in [0, 0.05) is 0 Å². The number of carbonyl (C=O) groups is 1. The van der Waals surface area contributed by atoms with Crippen LogP contribution in [0.5, 0.6) is 11.5 Å². The highest BCUT2D eigenvalue weighted by molar-refractivity contribution is 6.68. The molecule has 0 saturated carbocycles. The molecule has 0 amide bonds. The molecule has 0 fully saturated rings. The summed E-state index contributed by atoms with van der Waals surface area (Å²) in [7, 11) is 1.48. The fourth-order valence-electron chi connectivity index (χ4n) is 1.15. The number of hydrogen-bond donors (Lipinski definition) is 0. The van der Waals surface area contributed by atoms with Gasteiger partial charge >= 0.3 is 0 Å². The van der Waals surface area contributed by atoms with E-state index in [-0.39, 0.29) is 5.56 Å². The van der Waals surface area contributed by atoms with E-state index in [2.05, 4.69) is 0 Å². The Balaban J connectivity index is 3.20. The maximum atomic E-state index is 11.1. The Morgan fingerprint density at radius 3 is 2.57 bits per heavy atom. The minimum atomic E-state index is -0.578. The van der Waals surface area contributed by atoms with Gasteiger partial charge in [0.1, 0.15) is 17.1 Å². The van der Waals surface area contributed by atoms with Crippen molar-refractivity contribution in [1.82, 2.24) is 0 Å². The second-order valence-corrected chi connectivity index (χ2v) is 2.88. The number of hydrogen-bond acceptors (Lipinski definition) is 3. The quantitative estimate of drug-likeness (QED) is 0.723. The van der Waals surface area contributed by atoms with Gasteiger partial charge in [0.2, 0.25) is 0 Å². The van der Waals surface area contributed by atoms with Crippen molar-refractivity contribution in [3.8, 4) is 11.5 Å². The molecule has 0 saturated heterocycles. The highest BCUT2D eigenvalue weighted by Gasteiger charge is 2.15. The first-order chi connectivity index (χ1) is 6.70. The first-order valence-corrected chi connectivity index (χ1v) is 4.58. The van der Waals surface area contributed by atoms with E-state index >= 15 is 0 Å². The molecule has 0 heterocycles. The van der Waals surface area contributed by atoms with Crippen molar-refractivity contribution >= 4 is 16.8 Å². The van der Waals surface area contributed by atoms with E-state index in [1.54, 1.807) is 18.2 Å². The Labute approximate surface area is 87.6 Å². The molecular formula is C10H11ClO3. The lowest BCUT2D eigenvalue weighted by Gasteiger charge is -2.10. The third-order valence-electron chi connectivity index (χ3n) is 1.70. The van der Waals surface area contributed by atoms with Gasteiger partial charge in [0.05, 0.1) is 13.7 Å². The molecule has 0 N–H and O–H groups in total. The van der Waals surface area contributed by atoms with Crippen molar-refractivity contribution in [2.75, 3.05) is 13.7 Å². The molecule has 1 aromatic rings. The van der Waals surface area contributed by atoms with Gasteiger partial charge in [0.15, 0.2) is 0 Å². The summed E-state index contributed by atoms with van der Waals surface area (Å²) < 4.78 is 10.3. The lowest BCUT2D eigenvalue weighted by Crippen LogP contribution is -2.01. The van der Waals surface area contributed by atoms with Crippen LogP contribution in [0.1, 0.15) is 17.3 Å². The smallest absolute Gasteiger partial charge is 0.259 e. The fourth-order valence-corrected chi connectivity index (χ4v) is 1.34. The second kappa shape index (κ2) is 4.86. The lowest BCUT2D eigenvalue weighted by atomic mass is 10.2. The maximum absolute atomic E-state index is 11.1. The zero-order valence-corrected chi connectivity index (χ0v) is 8.80. The number of carbonyl (C=O) groups excluding carboxylic acids is 1. The van der Waals surface area contributed by atoms with Crippen LogP contribution >= 0.6 is 11.6 Å². The Morgan fingerprint density at radius 1 is 1.43 bits per heavy atom. The number of rotatable bonds is 4. The minimum absolute atomic E-state index is 0.276. The Hall–Kier alpha value is -1.22. The van der Waals surface area contributed by atoms with Gasteiger partial charge < -0.3 is 9.47 Å². The molecular weight excluding hydrogens is 204 g/mol. The van der Waals surface area contributed by atoms with Crippen molar-refractivity contribution in [3.63, 3.8) is 0 Å². The Bertz CT molecular complexity index is 336. The van der Waals surface area contributed by atoms with E-state index in [9.17, 15) is 4.79 Å². The van der Waals surface area contributed by atoms with Crippen LogP contribution in [0.4, 0.5) is 0 Å². The van der Waals surface area contributed by atoms with Crippen molar-refractivity contribution in [3.05, 3.63) is 23.8 Å². The first-order valence-electron chi connectivity index (χ1n) is 4.20. The predicted octanol–water partition coefficient (Wildman–Crippen LogP) is 2.47. The lowest BCUT2D eigenvalue weighted by molar-refractivity contribution is 0.107. The zero-order valence-electron chi connectivity index (χ0n) is 8.04. The number of methoxy groups -OCH3 is 1. The van der Waals surface area contributed by atoms with Gasteiger partial charge in [-0.15, -0.1) is 0 Å². The van der Waals surface area contributed by atoms with Crippen molar-refractivity contribution in [1.29, 1.82) is 0 Å². The van der Waals surface area contributed by atoms with Crippen LogP contribution in [0.15, 0.2) is 18.2 Å². The van der Waals surface area contributed by atoms with Crippen molar-refractivity contribution < 1.29 is 14.3 Å². The third-order valence-corrected chi connectivity index (χ3v) is 1.89.